The Balaban J connectivity index is 2.21. The summed E-state index contributed by atoms with van der Waals surface area (Å²) in [5, 5.41) is 11.5. The van der Waals surface area contributed by atoms with Crippen LogP contribution in [-0.2, 0) is 14.3 Å². The van der Waals surface area contributed by atoms with Gasteiger partial charge >= 0.3 is 5.97 Å². The highest BCUT2D eigenvalue weighted by Crippen LogP contribution is 2.25. The van der Waals surface area contributed by atoms with Gasteiger partial charge in [0.15, 0.2) is 0 Å². The second kappa shape index (κ2) is 7.25. The molecule has 1 amide bonds. The van der Waals surface area contributed by atoms with Gasteiger partial charge in [-0.2, -0.15) is 0 Å². The number of carboxylic acids is 1. The highest BCUT2D eigenvalue weighted by molar-refractivity contribution is 5.78. The molecule has 0 bridgehead atoms. The van der Waals surface area contributed by atoms with Crippen LogP contribution in [0.25, 0.3) is 0 Å². The normalized spacial score (nSPS) is 23.3. The third kappa shape index (κ3) is 4.95. The summed E-state index contributed by atoms with van der Waals surface area (Å²) in [5.41, 5.74) is 0. The van der Waals surface area contributed by atoms with Crippen LogP contribution in [0, 0.1) is 5.92 Å². The number of aliphatic carboxylic acids is 1. The van der Waals surface area contributed by atoms with Crippen molar-refractivity contribution in [3.05, 3.63) is 0 Å². The molecule has 0 spiro atoms. The van der Waals surface area contributed by atoms with Gasteiger partial charge in [-0.05, 0) is 12.8 Å². The van der Waals surface area contributed by atoms with E-state index in [2.05, 4.69) is 10.1 Å². The monoisotopic (exact) mass is 265 g/mol. The molecule has 1 rings (SSSR count). The fraction of sp³-hybridized carbons (Fsp3) is 0.818. The summed E-state index contributed by atoms with van der Waals surface area (Å²) in [5.74, 6) is -1.81. The molecule has 1 saturated carbocycles. The van der Waals surface area contributed by atoms with E-state index < -0.39 is 24.9 Å². The second-order valence-corrected chi connectivity index (χ2v) is 4.27. The van der Waals surface area contributed by atoms with E-state index in [1.165, 1.54) is 0 Å². The van der Waals surface area contributed by atoms with E-state index >= 15 is 0 Å². The van der Waals surface area contributed by atoms with Crippen LogP contribution in [0.1, 0.15) is 25.7 Å². The fourth-order valence-corrected chi connectivity index (χ4v) is 2.04. The molecule has 2 atom stereocenters. The third-order valence-corrected chi connectivity index (χ3v) is 2.90. The molecule has 7 heteroatoms. The molecule has 0 aromatic heterocycles. The van der Waals surface area contributed by atoms with Crippen molar-refractivity contribution in [2.75, 3.05) is 13.2 Å². The minimum Gasteiger partial charge on any atom is -0.481 e. The Labute approximate surface area is 103 Å². The van der Waals surface area contributed by atoms with Crippen LogP contribution < -0.4 is 5.32 Å². The van der Waals surface area contributed by atoms with Crippen LogP contribution in [0.4, 0.5) is 8.78 Å². The molecule has 0 aromatic carbocycles. The molecular formula is C11H17F2NO4. The minimum absolute atomic E-state index is 0.0322. The van der Waals surface area contributed by atoms with Crippen LogP contribution in [-0.4, -0.2) is 42.7 Å². The van der Waals surface area contributed by atoms with Crippen molar-refractivity contribution < 1.29 is 28.2 Å². The van der Waals surface area contributed by atoms with Gasteiger partial charge in [0.2, 0.25) is 5.91 Å². The maximum absolute atomic E-state index is 11.7. The number of hydrogen-bond donors (Lipinski definition) is 2. The molecule has 2 N–H and O–H groups in total. The lowest BCUT2D eigenvalue weighted by Gasteiger charge is -2.17. The van der Waals surface area contributed by atoms with Gasteiger partial charge in [0.05, 0.1) is 12.5 Å². The summed E-state index contributed by atoms with van der Waals surface area (Å²) >= 11 is 0. The van der Waals surface area contributed by atoms with Gasteiger partial charge in [0, 0.05) is 12.5 Å². The summed E-state index contributed by atoms with van der Waals surface area (Å²) in [6.07, 6.45) is -0.610. The largest absolute Gasteiger partial charge is 0.481 e. The molecule has 0 heterocycles. The Kier molecular flexibility index (Phi) is 5.97. The van der Waals surface area contributed by atoms with E-state index in [1.54, 1.807) is 0 Å². The van der Waals surface area contributed by atoms with Gasteiger partial charge in [-0.3, -0.25) is 9.59 Å². The van der Waals surface area contributed by atoms with Crippen molar-refractivity contribution in [2.24, 2.45) is 5.92 Å². The highest BCUT2D eigenvalue weighted by Gasteiger charge is 2.33. The van der Waals surface area contributed by atoms with Crippen LogP contribution in [0.15, 0.2) is 0 Å². The summed E-state index contributed by atoms with van der Waals surface area (Å²) < 4.78 is 28.0. The molecule has 1 aliphatic carbocycles. The average Bonchev–Trinajstić information content (AvgIpc) is 2.72. The van der Waals surface area contributed by atoms with Gasteiger partial charge in [0.25, 0.3) is 6.43 Å². The predicted octanol–water partition coefficient (Wildman–Crippen LogP) is 1.03. The van der Waals surface area contributed by atoms with E-state index in [-0.39, 0.29) is 25.0 Å². The average molecular weight is 265 g/mol. The molecule has 0 aliphatic heterocycles. The molecule has 1 fully saturated rings. The Hall–Kier alpha value is -1.24. The number of carbonyl (C=O) groups excluding carboxylic acids is 1. The van der Waals surface area contributed by atoms with Crippen molar-refractivity contribution in [3.63, 3.8) is 0 Å². The summed E-state index contributed by atoms with van der Waals surface area (Å²) in [4.78, 5) is 22.3. The number of alkyl halides is 2. The first-order valence-corrected chi connectivity index (χ1v) is 5.88. The number of nitrogens with one attached hydrogen (secondary N) is 1. The molecule has 5 nitrogen and oxygen atoms in total. The first-order valence-electron chi connectivity index (χ1n) is 5.88. The number of rotatable bonds is 7. The van der Waals surface area contributed by atoms with Crippen LogP contribution in [0.3, 0.4) is 0 Å². The zero-order chi connectivity index (χ0) is 13.5. The fourth-order valence-electron chi connectivity index (χ4n) is 2.04. The van der Waals surface area contributed by atoms with Gasteiger partial charge in [0.1, 0.15) is 6.61 Å². The van der Waals surface area contributed by atoms with Crippen molar-refractivity contribution in [2.45, 2.75) is 38.2 Å². The van der Waals surface area contributed by atoms with Crippen LogP contribution >= 0.6 is 0 Å². The van der Waals surface area contributed by atoms with E-state index in [0.717, 1.165) is 6.42 Å². The Morgan fingerprint density at radius 3 is 2.72 bits per heavy atom. The van der Waals surface area contributed by atoms with Gasteiger partial charge in [-0.1, -0.05) is 6.42 Å². The van der Waals surface area contributed by atoms with E-state index in [1.807, 2.05) is 0 Å². The molecule has 0 aromatic rings. The summed E-state index contributed by atoms with van der Waals surface area (Å²) in [6.45, 7) is -0.769. The Morgan fingerprint density at radius 2 is 2.11 bits per heavy atom. The quantitative estimate of drug-likeness (QED) is 0.674. The predicted molar refractivity (Wildman–Crippen MR) is 58.3 cm³/mol. The summed E-state index contributed by atoms with van der Waals surface area (Å²) in [6, 6.07) is -0.356. The smallest absolute Gasteiger partial charge is 0.308 e. The lowest BCUT2D eigenvalue weighted by molar-refractivity contribution is -0.142. The lowest BCUT2D eigenvalue weighted by atomic mass is 10.0. The van der Waals surface area contributed by atoms with E-state index in [9.17, 15) is 18.4 Å². The van der Waals surface area contributed by atoms with Crippen LogP contribution in [0.5, 0.6) is 0 Å². The number of hydrogen-bond acceptors (Lipinski definition) is 3. The number of amides is 1. The lowest BCUT2D eigenvalue weighted by Crippen LogP contribution is -2.40. The standard InChI is InChI=1S/C11H17F2NO4/c12-9(13)6-18-5-4-10(15)14-8-3-1-2-7(8)11(16)17/h7-9H,1-6H2,(H,14,15)(H,16,17). The number of ether oxygens (including phenoxy) is 1. The molecular weight excluding hydrogens is 248 g/mol. The SMILES string of the molecule is O=C(CCOCC(F)F)NC1CCCC1C(=O)O. The van der Waals surface area contributed by atoms with Gasteiger partial charge in [-0.25, -0.2) is 8.78 Å². The zero-order valence-corrected chi connectivity index (χ0v) is 9.90. The molecule has 104 valence electrons. The Morgan fingerprint density at radius 1 is 1.39 bits per heavy atom. The Bertz CT molecular complexity index is 299. The molecule has 0 saturated heterocycles. The minimum atomic E-state index is -2.54. The van der Waals surface area contributed by atoms with Crippen molar-refractivity contribution in [1.82, 2.24) is 5.32 Å². The van der Waals surface area contributed by atoms with Gasteiger partial charge < -0.3 is 15.2 Å². The first kappa shape index (κ1) is 14.8. The van der Waals surface area contributed by atoms with Crippen molar-refractivity contribution >= 4 is 11.9 Å². The number of halogens is 2. The van der Waals surface area contributed by atoms with E-state index in [4.69, 9.17) is 5.11 Å². The zero-order valence-electron chi connectivity index (χ0n) is 9.90. The maximum atomic E-state index is 11.7. The van der Waals surface area contributed by atoms with Crippen molar-refractivity contribution in [3.8, 4) is 0 Å². The molecule has 1 aliphatic rings. The topological polar surface area (TPSA) is 75.6 Å². The van der Waals surface area contributed by atoms with Crippen molar-refractivity contribution in [1.29, 1.82) is 0 Å². The van der Waals surface area contributed by atoms with Gasteiger partial charge in [-0.15, -0.1) is 0 Å². The summed E-state index contributed by atoms with van der Waals surface area (Å²) in [7, 11) is 0. The third-order valence-electron chi connectivity index (χ3n) is 2.90. The molecule has 0 radical (unpaired) electrons. The maximum Gasteiger partial charge on any atom is 0.308 e. The van der Waals surface area contributed by atoms with Crippen LogP contribution in [0.2, 0.25) is 0 Å². The molecule has 18 heavy (non-hydrogen) atoms. The first-order chi connectivity index (χ1) is 8.50. The van der Waals surface area contributed by atoms with E-state index in [0.29, 0.717) is 12.8 Å². The number of carbonyl (C=O) groups is 2. The molecule has 2 unspecified atom stereocenters. The second-order valence-electron chi connectivity index (χ2n) is 4.27. The highest BCUT2D eigenvalue weighted by atomic mass is 19.3. The number of carboxylic acid groups (broad SMARTS) is 1.